The van der Waals surface area contributed by atoms with Crippen LogP contribution in [0.2, 0.25) is 0 Å². The van der Waals surface area contributed by atoms with E-state index in [9.17, 15) is 67.4 Å². The highest BCUT2D eigenvalue weighted by molar-refractivity contribution is 8.76. The first kappa shape index (κ1) is 99.8. The molecular weight excluding hydrogens is 1660 g/mol. The molecule has 123 heavy (non-hydrogen) atoms. The summed E-state index contributed by atoms with van der Waals surface area (Å²) in [6.07, 6.45) is 3.30. The molecule has 17 amide bonds. The van der Waals surface area contributed by atoms with E-state index >= 15 is 24.0 Å². The van der Waals surface area contributed by atoms with Crippen LogP contribution in [0.3, 0.4) is 0 Å². The molecule has 6 rings (SSSR count). The minimum atomic E-state index is -2.02. The number of aliphatic carboxylic acids is 1. The maximum atomic E-state index is 15.4. The number of nitrogens with two attached hydrogens (primary N) is 4. The molecule has 45 heteroatoms. The molecule has 0 radical (unpaired) electrons. The third kappa shape index (κ3) is 32.1. The molecule has 4 heterocycles. The summed E-state index contributed by atoms with van der Waals surface area (Å²) in [7, 11) is 1.46. The quantitative estimate of drug-likeness (QED) is 0.00905. The van der Waals surface area contributed by atoms with Crippen molar-refractivity contribution in [3.8, 4) is 0 Å². The van der Waals surface area contributed by atoms with Crippen molar-refractivity contribution in [1.82, 2.24) is 94.3 Å². The van der Waals surface area contributed by atoms with Gasteiger partial charge in [-0.1, -0.05) is 112 Å². The number of rotatable bonds is 34. The number of primary amides is 2. The van der Waals surface area contributed by atoms with E-state index < -0.39 is 240 Å². The Labute approximate surface area is 721 Å². The number of H-pyrrole nitrogens is 2. The number of amides is 17. The lowest BCUT2D eigenvalue weighted by Crippen LogP contribution is -2.62. The van der Waals surface area contributed by atoms with Crippen LogP contribution >= 0.6 is 33.3 Å². The monoisotopic (exact) mass is 1770 g/mol. The topological polar surface area (TPSA) is 660 Å². The Hall–Kier alpha value is -12.0. The van der Waals surface area contributed by atoms with Crippen LogP contribution in [0.1, 0.15) is 117 Å². The number of nitrogens with one attached hydrogen (secondary N) is 16. The molecule has 2 aromatic carbocycles. The second-order valence-corrected chi connectivity index (χ2v) is 34.2. The van der Waals surface area contributed by atoms with E-state index in [0.717, 1.165) is 28.5 Å². The van der Waals surface area contributed by atoms with Crippen LogP contribution < -0.4 is 97.4 Å². The van der Waals surface area contributed by atoms with Crippen LogP contribution in [-0.2, 0) is 106 Å². The number of aromatic amines is 2. The van der Waals surface area contributed by atoms with Gasteiger partial charge in [0.1, 0.15) is 84.6 Å². The molecule has 0 saturated carbocycles. The molecular formula is C78H113N23O19S3. The van der Waals surface area contributed by atoms with Crippen molar-refractivity contribution in [2.45, 2.75) is 204 Å². The number of imidazole rings is 1. The van der Waals surface area contributed by atoms with Crippen molar-refractivity contribution in [2.24, 2.45) is 45.7 Å². The summed E-state index contributed by atoms with van der Waals surface area (Å²) in [4.78, 5) is 271. The van der Waals surface area contributed by atoms with Crippen LogP contribution in [0.15, 0.2) is 78.3 Å². The van der Waals surface area contributed by atoms with Gasteiger partial charge in [-0.2, -0.15) is 11.8 Å². The summed E-state index contributed by atoms with van der Waals surface area (Å²) >= 11 is 1.38. The molecule has 42 nitrogen and oxygen atoms in total. The van der Waals surface area contributed by atoms with Crippen molar-refractivity contribution < 1.29 is 91.4 Å². The number of aromatic nitrogens is 3. The SMILES string of the molecule is CSCC[C@H](NC(=O)[C@@H](NC(=O)[C@H](CCCN=C(N)N)NC(=O)[C@@H]1CSSC[C@H](NC(=O)[C@@H](NC(=O)[C@H](CC(=O)O)NC(=O)[C@H](Cc2ccccc2)NC(C)=O)C(C)C)C(=O)N[C@@H](CC(N)=O)C(=O)N[C@@H](Cc2c[nH]c3ccccc23)C(=O)N[C@@H](C(C)C)C(=O)NCC(=O)N[C@@H](C)C(=O)N2CCC[C@H]2C(=O)N[C@@H](Cc2cnc[nH]2)C(=O)N1)C(C)C)C(N)=O. The number of benzene rings is 2. The summed E-state index contributed by atoms with van der Waals surface area (Å²) in [5.74, 6) is -21.9. The Bertz CT molecular complexity index is 4440. The molecule has 0 aliphatic carbocycles. The smallest absolute Gasteiger partial charge is 0.305 e. The third-order valence-corrected chi connectivity index (χ3v) is 22.9. The molecule has 0 bridgehead atoms. The molecule has 2 aliphatic rings. The molecule has 2 saturated heterocycles. The van der Waals surface area contributed by atoms with Gasteiger partial charge in [0.15, 0.2) is 5.96 Å². The minimum Gasteiger partial charge on any atom is -0.481 e. The van der Waals surface area contributed by atoms with Crippen LogP contribution in [0.25, 0.3) is 10.9 Å². The lowest BCUT2D eigenvalue weighted by atomic mass is 10.00. The first-order chi connectivity index (χ1) is 58.2. The Morgan fingerprint density at radius 1 is 0.642 bits per heavy atom. The number of carbonyl (C=O) groups excluding carboxylic acids is 17. The number of fused-ring (bicyclic) bond motifs is 2. The number of aliphatic imine (C=N–C) groups is 1. The molecule has 0 unspecified atom stereocenters. The van der Waals surface area contributed by atoms with E-state index in [1.807, 2.05) is 0 Å². The van der Waals surface area contributed by atoms with Gasteiger partial charge < -0.3 is 117 Å². The number of guanidine groups is 1. The van der Waals surface area contributed by atoms with Gasteiger partial charge >= 0.3 is 5.97 Å². The summed E-state index contributed by atoms with van der Waals surface area (Å²) in [5, 5.41) is 46.5. The highest BCUT2D eigenvalue weighted by Crippen LogP contribution is 2.26. The van der Waals surface area contributed by atoms with Crippen LogP contribution in [0.4, 0.5) is 0 Å². The second-order valence-electron chi connectivity index (χ2n) is 30.6. The maximum absolute atomic E-state index is 15.4. The summed E-state index contributed by atoms with van der Waals surface area (Å²) < 4.78 is 0. The van der Waals surface area contributed by atoms with Gasteiger partial charge in [-0.25, -0.2) is 4.98 Å². The number of thioether (sulfide) groups is 1. The van der Waals surface area contributed by atoms with E-state index in [-0.39, 0.29) is 76.1 Å². The molecule has 672 valence electrons. The van der Waals surface area contributed by atoms with Gasteiger partial charge in [0.05, 0.1) is 25.7 Å². The second kappa shape index (κ2) is 49.2. The molecule has 2 fully saturated rings. The number of hydrogen-bond acceptors (Lipinski definition) is 23. The Balaban J connectivity index is 1.48. The Morgan fingerprint density at radius 2 is 1.25 bits per heavy atom. The van der Waals surface area contributed by atoms with Crippen molar-refractivity contribution in [3.63, 3.8) is 0 Å². The number of carboxylic acid groups (broad SMARTS) is 1. The van der Waals surface area contributed by atoms with Crippen molar-refractivity contribution in [2.75, 3.05) is 43.1 Å². The number of carboxylic acids is 1. The first-order valence-electron chi connectivity index (χ1n) is 39.9. The average Bonchev–Trinajstić information content (AvgIpc) is 1.69. The van der Waals surface area contributed by atoms with Crippen LogP contribution in [0.5, 0.6) is 0 Å². The zero-order chi connectivity index (χ0) is 90.9. The standard InChI is InChI=1S/C78H113N23O19S3/c1-38(2)61-74(117)86-34-59(104)88-41(7)77(120)101-25-16-22-57(101)73(116)95-52(29-45-33-83-37-87-45)67(110)96-55(71(114)91-49(21-15-24-84-78(81)82)65(108)99-62(39(3)4)75(118)90-48(64(80)107)23-26-121-9)35-122-123-36-56(72(115)93-53(30-58(79)103)68(111)92-51(69(112)98-61)28-44-32-85-47-20-14-13-19-46(44)47)97-76(119)63(40(5)6)100-70(113)54(31-60(105)106)94-66(109)50(89-42(8)102)27-43-17-11-10-12-18-43/h10-14,17-20,32-33,37-41,48-57,61-63,85H,15-16,21-31,34-36H2,1-9H3,(H2,79,103)(H2,80,107)(H,83,87)(H,86,117)(H,88,104)(H,89,102)(H,90,118)(H,91,114)(H,92,111)(H,93,115)(H,94,109)(H,95,116)(H,96,110)(H,97,119)(H,98,112)(H,99,108)(H,100,113)(H,105,106)(H4,81,82,84)/t41-,48-,49-,50-,51-,52-,53-,54-,55-,56-,57-,61-,62-,63-/m0/s1. The van der Waals surface area contributed by atoms with Crippen LogP contribution in [0, 0.1) is 17.8 Å². The highest BCUT2D eigenvalue weighted by Gasteiger charge is 2.42. The average molecular weight is 1770 g/mol. The lowest BCUT2D eigenvalue weighted by Gasteiger charge is -2.30. The fourth-order valence-corrected chi connectivity index (χ4v) is 16.0. The Kier molecular flexibility index (Phi) is 39.9. The summed E-state index contributed by atoms with van der Waals surface area (Å²) in [6.45, 7) is 10.8. The van der Waals surface area contributed by atoms with E-state index in [1.165, 1.54) is 50.0 Å². The van der Waals surface area contributed by atoms with Crippen molar-refractivity contribution >= 4 is 157 Å². The molecule has 2 aromatic heterocycles. The molecule has 25 N–H and O–H groups in total. The van der Waals surface area contributed by atoms with Gasteiger partial charge in [-0.05, 0) is 86.0 Å². The molecule has 2 aliphatic heterocycles. The molecule has 14 atom stereocenters. The Morgan fingerprint density at radius 3 is 1.88 bits per heavy atom. The van der Waals surface area contributed by atoms with Crippen LogP contribution in [-0.4, -0.2) is 265 Å². The first-order valence-corrected chi connectivity index (χ1v) is 43.8. The largest absolute Gasteiger partial charge is 0.481 e. The minimum absolute atomic E-state index is 0.00233. The zero-order valence-electron chi connectivity index (χ0n) is 69.7. The van der Waals surface area contributed by atoms with E-state index in [4.69, 9.17) is 22.9 Å². The predicted octanol–water partition coefficient (Wildman–Crippen LogP) is -4.63. The van der Waals surface area contributed by atoms with Gasteiger partial charge in [0, 0.05) is 79.8 Å². The molecule has 4 aromatic rings. The van der Waals surface area contributed by atoms with Gasteiger partial charge in [0.2, 0.25) is 100 Å². The summed E-state index contributed by atoms with van der Waals surface area (Å²) in [5.41, 5.74) is 24.6. The lowest BCUT2D eigenvalue weighted by molar-refractivity contribution is -0.142. The number of para-hydroxylation sites is 1. The molecule has 0 spiro atoms. The third-order valence-electron chi connectivity index (χ3n) is 19.8. The normalized spacial score (nSPS) is 20.9. The van der Waals surface area contributed by atoms with E-state index in [2.05, 4.69) is 94.4 Å². The fraction of sp³-hybridized carbons (Fsp3) is 0.538. The number of carbonyl (C=O) groups is 18. The fourth-order valence-electron chi connectivity index (χ4n) is 13.2. The van der Waals surface area contributed by atoms with Crippen molar-refractivity contribution in [3.05, 3.63) is 90.1 Å². The van der Waals surface area contributed by atoms with Gasteiger partial charge in [-0.15, -0.1) is 0 Å². The summed E-state index contributed by atoms with van der Waals surface area (Å²) in [6, 6.07) is -6.96. The maximum Gasteiger partial charge on any atom is 0.305 e. The highest BCUT2D eigenvalue weighted by atomic mass is 33.1. The van der Waals surface area contributed by atoms with E-state index in [1.54, 1.807) is 94.7 Å². The van der Waals surface area contributed by atoms with Gasteiger partial charge in [0.25, 0.3) is 0 Å². The van der Waals surface area contributed by atoms with Crippen molar-refractivity contribution in [1.29, 1.82) is 0 Å². The predicted molar refractivity (Wildman–Crippen MR) is 456 cm³/mol. The van der Waals surface area contributed by atoms with Gasteiger partial charge in [-0.3, -0.25) is 91.3 Å². The van der Waals surface area contributed by atoms with E-state index in [0.29, 0.717) is 27.8 Å². The number of nitrogens with zero attached hydrogens (tertiary/aromatic N) is 3. The zero-order valence-corrected chi connectivity index (χ0v) is 72.2. The number of hydrogen-bond donors (Lipinski definition) is 21.